The number of hydrogen-bond donors (Lipinski definition) is 0. The average Bonchev–Trinajstić information content (AvgIpc) is 3.54. The summed E-state index contributed by atoms with van der Waals surface area (Å²) in [5.41, 5.74) is 11.5. The third-order valence-corrected chi connectivity index (χ3v) is 13.0. The van der Waals surface area contributed by atoms with Crippen LogP contribution in [-0.2, 0) is 5.41 Å². The summed E-state index contributed by atoms with van der Waals surface area (Å²) in [5.74, 6) is 3.39. The predicted octanol–water partition coefficient (Wildman–Crippen LogP) is 11.4. The molecule has 1 aromatic heterocycles. The molecule has 2 aliphatic carbocycles. The quantitative estimate of drug-likeness (QED) is 0.187. The number of rotatable bonds is 1. The van der Waals surface area contributed by atoms with Crippen molar-refractivity contribution in [2.75, 3.05) is 9.80 Å². The summed E-state index contributed by atoms with van der Waals surface area (Å²) in [6.07, 6.45) is 8.07. The Hall–Kier alpha value is -4.70. The van der Waals surface area contributed by atoms with Gasteiger partial charge in [-0.25, -0.2) is 0 Å². The molecule has 0 amide bonds. The van der Waals surface area contributed by atoms with Crippen LogP contribution in [0.15, 0.2) is 103 Å². The zero-order valence-electron chi connectivity index (χ0n) is 26.5. The number of aromatic nitrogens is 1. The van der Waals surface area contributed by atoms with Crippen LogP contribution in [0.4, 0.5) is 28.4 Å². The molecule has 4 nitrogen and oxygen atoms in total. The van der Waals surface area contributed by atoms with Crippen molar-refractivity contribution in [3.63, 3.8) is 0 Å². The highest BCUT2D eigenvalue weighted by atomic mass is 16.5. The highest BCUT2D eigenvalue weighted by molar-refractivity contribution is 6.10. The van der Waals surface area contributed by atoms with Gasteiger partial charge in [-0.1, -0.05) is 80.8 Å². The van der Waals surface area contributed by atoms with E-state index in [0.29, 0.717) is 0 Å². The van der Waals surface area contributed by atoms with E-state index < -0.39 is 0 Å². The van der Waals surface area contributed by atoms with Crippen LogP contribution in [0, 0.1) is 11.8 Å². The maximum atomic E-state index is 6.91. The highest BCUT2D eigenvalue weighted by Crippen LogP contribution is 2.72. The van der Waals surface area contributed by atoms with Crippen LogP contribution >= 0.6 is 0 Å². The van der Waals surface area contributed by atoms with E-state index in [1.165, 1.54) is 83.1 Å². The predicted molar refractivity (Wildman–Crippen MR) is 188 cm³/mol. The Balaban J connectivity index is 1.14. The minimum Gasteiger partial charge on any atom is -0.453 e. The Bertz CT molecular complexity index is 2230. The molecule has 2 saturated carbocycles. The zero-order valence-corrected chi connectivity index (χ0v) is 26.5. The summed E-state index contributed by atoms with van der Waals surface area (Å²) < 4.78 is 9.29. The highest BCUT2D eigenvalue weighted by Gasteiger charge is 2.65. The van der Waals surface area contributed by atoms with Gasteiger partial charge in [0.1, 0.15) is 5.69 Å². The van der Waals surface area contributed by atoms with E-state index in [-0.39, 0.29) is 11.0 Å². The van der Waals surface area contributed by atoms with E-state index in [1.807, 2.05) is 0 Å². The molecule has 46 heavy (non-hydrogen) atoms. The van der Waals surface area contributed by atoms with Gasteiger partial charge in [-0.2, -0.15) is 0 Å². The third-order valence-electron chi connectivity index (χ3n) is 13.0. The molecule has 226 valence electrons. The number of fused-ring (bicyclic) bond motifs is 12. The first-order chi connectivity index (χ1) is 22.6. The number of anilines is 5. The van der Waals surface area contributed by atoms with Gasteiger partial charge >= 0.3 is 0 Å². The Labute approximate surface area is 269 Å². The monoisotopic (exact) mass is 599 g/mol. The fraction of sp³-hybridized carbons (Fsp3) is 0.286. The fourth-order valence-corrected chi connectivity index (χ4v) is 10.9. The second-order valence-electron chi connectivity index (χ2n) is 14.8. The van der Waals surface area contributed by atoms with Gasteiger partial charge in [0.15, 0.2) is 11.5 Å². The number of para-hydroxylation sites is 4. The zero-order chi connectivity index (χ0) is 30.4. The summed E-state index contributed by atoms with van der Waals surface area (Å²) in [7, 11) is 0. The molecular formula is C42H37N3O. The first kappa shape index (κ1) is 25.5. The first-order valence-electron chi connectivity index (χ1n) is 17.3. The largest absolute Gasteiger partial charge is 0.453 e. The van der Waals surface area contributed by atoms with Gasteiger partial charge < -0.3 is 14.2 Å². The van der Waals surface area contributed by atoms with Crippen molar-refractivity contribution < 1.29 is 4.74 Å². The molecule has 11 rings (SSSR count). The van der Waals surface area contributed by atoms with Crippen molar-refractivity contribution in [2.45, 2.75) is 63.3 Å². The van der Waals surface area contributed by atoms with Crippen LogP contribution in [0.25, 0.3) is 27.5 Å². The Kier molecular flexibility index (Phi) is 4.74. The van der Waals surface area contributed by atoms with Gasteiger partial charge in [-0.15, -0.1) is 0 Å². The Morgan fingerprint density at radius 3 is 2.22 bits per heavy atom. The molecule has 4 heterocycles. The van der Waals surface area contributed by atoms with Crippen molar-refractivity contribution in [1.29, 1.82) is 0 Å². The Morgan fingerprint density at radius 2 is 1.39 bits per heavy atom. The van der Waals surface area contributed by atoms with Crippen molar-refractivity contribution in [2.24, 2.45) is 11.8 Å². The van der Waals surface area contributed by atoms with E-state index in [1.54, 1.807) is 5.56 Å². The average molecular weight is 600 g/mol. The van der Waals surface area contributed by atoms with Gasteiger partial charge in [0, 0.05) is 22.3 Å². The molecule has 0 bridgehead atoms. The summed E-state index contributed by atoms with van der Waals surface area (Å²) in [5, 5.41) is 2.54. The van der Waals surface area contributed by atoms with Gasteiger partial charge in [0.2, 0.25) is 0 Å². The van der Waals surface area contributed by atoms with Crippen LogP contribution in [0.5, 0.6) is 11.5 Å². The third kappa shape index (κ3) is 2.85. The molecule has 0 spiro atoms. The van der Waals surface area contributed by atoms with E-state index in [4.69, 9.17) is 4.74 Å². The number of hydrogen-bond acceptors (Lipinski definition) is 3. The molecule has 4 heteroatoms. The second-order valence-corrected chi connectivity index (χ2v) is 14.8. The first-order valence-corrected chi connectivity index (χ1v) is 17.3. The van der Waals surface area contributed by atoms with Crippen molar-refractivity contribution in [3.8, 4) is 17.2 Å². The lowest BCUT2D eigenvalue weighted by atomic mass is 9.50. The molecule has 2 fully saturated rings. The molecule has 0 N–H and O–H groups in total. The maximum absolute atomic E-state index is 6.91. The van der Waals surface area contributed by atoms with E-state index in [2.05, 4.69) is 131 Å². The van der Waals surface area contributed by atoms with Gasteiger partial charge in [-0.3, -0.25) is 4.90 Å². The van der Waals surface area contributed by atoms with Crippen LogP contribution in [0.3, 0.4) is 0 Å². The van der Waals surface area contributed by atoms with Crippen LogP contribution in [-0.4, -0.2) is 10.1 Å². The smallest absolute Gasteiger partial charge is 0.153 e. The lowest BCUT2D eigenvalue weighted by molar-refractivity contribution is 0.0321. The number of ether oxygens (including phenoxy) is 1. The molecule has 0 radical (unpaired) electrons. The van der Waals surface area contributed by atoms with Gasteiger partial charge in [-0.05, 0) is 86.1 Å². The fourth-order valence-electron chi connectivity index (χ4n) is 10.9. The summed E-state index contributed by atoms with van der Waals surface area (Å²) in [6, 6.07) is 38.1. The summed E-state index contributed by atoms with van der Waals surface area (Å²) in [4.78, 5) is 5.27. The standard InChI is InChI=1S/C42H37N3O/c1-41-24-23-26-11-3-6-14-30(26)42(41,2)31-15-9-18-35-39(31)45(41)36-19-10-20-37-40(36)44(35)34-22-21-27(25-38(34)46-37)43-32-16-7-4-12-28(32)29-13-5-8-17-33(29)43/h4-5,7-10,12-13,15-22,25-26,30H,3,6,11,14,23-24H2,1-2H3. The molecule has 4 unspecified atom stereocenters. The molecule has 3 aliphatic heterocycles. The van der Waals surface area contributed by atoms with Crippen LogP contribution < -0.4 is 14.5 Å². The molecule has 6 aromatic rings. The van der Waals surface area contributed by atoms with Crippen LogP contribution in [0.2, 0.25) is 0 Å². The lowest BCUT2D eigenvalue weighted by Crippen LogP contribution is -2.61. The SMILES string of the molecule is CC12c3cccc4c3N(c3cccc5c3N4c3ccc(-n4c6ccccc6c6ccccc64)cc3O5)C1(C)CCC1CCCCC12. The van der Waals surface area contributed by atoms with Gasteiger partial charge in [0.05, 0.1) is 45.0 Å². The van der Waals surface area contributed by atoms with E-state index in [0.717, 1.165) is 34.7 Å². The maximum Gasteiger partial charge on any atom is 0.153 e. The van der Waals surface area contributed by atoms with Crippen LogP contribution in [0.1, 0.15) is 57.9 Å². The summed E-state index contributed by atoms with van der Waals surface area (Å²) >= 11 is 0. The van der Waals surface area contributed by atoms with Gasteiger partial charge in [0.25, 0.3) is 0 Å². The number of benzene rings is 5. The van der Waals surface area contributed by atoms with E-state index >= 15 is 0 Å². The topological polar surface area (TPSA) is 20.6 Å². The summed E-state index contributed by atoms with van der Waals surface area (Å²) in [6.45, 7) is 5.20. The molecule has 0 saturated heterocycles. The van der Waals surface area contributed by atoms with Crippen molar-refractivity contribution in [1.82, 2.24) is 4.57 Å². The molecule has 5 aliphatic rings. The minimum absolute atomic E-state index is 0.0197. The second kappa shape index (κ2) is 8.55. The minimum atomic E-state index is 0.0197. The molecular weight excluding hydrogens is 562 g/mol. The molecule has 4 atom stereocenters. The number of nitrogens with zero attached hydrogens (tertiary/aromatic N) is 3. The lowest BCUT2D eigenvalue weighted by Gasteiger charge is -2.58. The Morgan fingerprint density at radius 1 is 0.652 bits per heavy atom. The van der Waals surface area contributed by atoms with E-state index in [9.17, 15) is 0 Å². The molecule has 5 aromatic carbocycles. The normalized spacial score (nSPS) is 26.7. The van der Waals surface area contributed by atoms with Crippen molar-refractivity contribution in [3.05, 3.63) is 109 Å². The van der Waals surface area contributed by atoms with Crippen molar-refractivity contribution >= 4 is 50.2 Å².